The third-order valence-corrected chi connectivity index (χ3v) is 8.37. The molecule has 0 spiro atoms. The van der Waals surface area contributed by atoms with Gasteiger partial charge in [-0.1, -0.05) is 37.0 Å². The summed E-state index contributed by atoms with van der Waals surface area (Å²) in [6, 6.07) is -0.626. The normalized spacial score (nSPS) is 21.7. The highest BCUT2D eigenvalue weighted by Gasteiger charge is 2.44. The van der Waals surface area contributed by atoms with Crippen LogP contribution in [0.25, 0.3) is 0 Å². The Morgan fingerprint density at radius 1 is 1.11 bits per heavy atom. The number of aliphatic carboxylic acids is 1. The molecule has 38 heavy (non-hydrogen) atoms. The lowest BCUT2D eigenvalue weighted by Crippen LogP contribution is -2.44. The van der Waals surface area contributed by atoms with Crippen LogP contribution in [0.1, 0.15) is 80.0 Å². The summed E-state index contributed by atoms with van der Waals surface area (Å²) in [5, 5.41) is 13.9. The first-order valence-corrected chi connectivity index (χ1v) is 13.5. The van der Waals surface area contributed by atoms with Gasteiger partial charge >= 0.3 is 12.1 Å². The van der Waals surface area contributed by atoms with Crippen LogP contribution in [0, 0.1) is 17.3 Å². The summed E-state index contributed by atoms with van der Waals surface area (Å²) in [5.74, 6) is -2.09. The zero-order chi connectivity index (χ0) is 27.8. The Kier molecular flexibility index (Phi) is 8.33. The third kappa shape index (κ3) is 6.28. The topological polar surface area (TPSA) is 88.3 Å². The Hall–Kier alpha value is -2.33. The number of carboxylic acid groups (broad SMARTS) is 1. The average molecular weight is 575 g/mol. The highest BCUT2D eigenvalue weighted by molar-refractivity contribution is 6.35. The van der Waals surface area contributed by atoms with Crippen molar-refractivity contribution in [3.05, 3.63) is 45.5 Å². The van der Waals surface area contributed by atoms with Crippen molar-refractivity contribution in [1.82, 2.24) is 19.7 Å². The van der Waals surface area contributed by atoms with Crippen LogP contribution < -0.4 is 0 Å². The smallest absolute Gasteiger partial charge is 0.433 e. The highest BCUT2D eigenvalue weighted by atomic mass is 35.5. The van der Waals surface area contributed by atoms with Gasteiger partial charge in [0, 0.05) is 25.5 Å². The van der Waals surface area contributed by atoms with Gasteiger partial charge in [0.2, 0.25) is 0 Å². The molecule has 0 unspecified atom stereocenters. The highest BCUT2D eigenvalue weighted by Crippen LogP contribution is 2.45. The maximum atomic E-state index is 14.4. The van der Waals surface area contributed by atoms with E-state index >= 15 is 0 Å². The SMILES string of the molecule is CC1(C)CC(CN(CCc2c(Cl)cncc2Cl)C(=O)c2cnn([C@H]3CC[C@H](C(=O)O)CC3)c2C(F)(F)F)C1. The molecule has 2 aromatic heterocycles. The molecule has 2 aromatic rings. The minimum atomic E-state index is -4.81. The van der Waals surface area contributed by atoms with Crippen molar-refractivity contribution in [2.24, 2.45) is 17.3 Å². The van der Waals surface area contributed by atoms with Crippen molar-refractivity contribution in [2.45, 2.75) is 71.0 Å². The van der Waals surface area contributed by atoms with Crippen molar-refractivity contribution in [1.29, 1.82) is 0 Å². The number of carbonyl (C=O) groups is 2. The zero-order valence-corrected chi connectivity index (χ0v) is 22.8. The molecule has 12 heteroatoms. The molecule has 7 nitrogen and oxygen atoms in total. The molecule has 2 aliphatic carbocycles. The number of amides is 1. The number of rotatable bonds is 8. The maximum Gasteiger partial charge on any atom is 0.433 e. The maximum absolute atomic E-state index is 14.4. The second kappa shape index (κ2) is 11.0. The molecule has 2 heterocycles. The van der Waals surface area contributed by atoms with E-state index in [1.165, 1.54) is 17.3 Å². The minimum Gasteiger partial charge on any atom is -0.481 e. The van der Waals surface area contributed by atoms with Gasteiger partial charge in [0.15, 0.2) is 5.69 Å². The van der Waals surface area contributed by atoms with Crippen LogP contribution in [0.4, 0.5) is 13.2 Å². The summed E-state index contributed by atoms with van der Waals surface area (Å²) in [5.41, 5.74) is -0.867. The Morgan fingerprint density at radius 3 is 2.24 bits per heavy atom. The number of hydrogen-bond donors (Lipinski definition) is 1. The number of pyridine rings is 1. The second-order valence-corrected chi connectivity index (χ2v) is 12.0. The summed E-state index contributed by atoms with van der Waals surface area (Å²) in [6.07, 6.45) is 2.07. The van der Waals surface area contributed by atoms with Crippen LogP contribution >= 0.6 is 23.2 Å². The molecule has 0 aromatic carbocycles. The van der Waals surface area contributed by atoms with Crippen molar-refractivity contribution in [3.63, 3.8) is 0 Å². The first-order chi connectivity index (χ1) is 17.8. The predicted octanol–water partition coefficient (Wildman–Crippen LogP) is 6.54. The number of aromatic nitrogens is 3. The monoisotopic (exact) mass is 574 g/mol. The summed E-state index contributed by atoms with van der Waals surface area (Å²) < 4.78 is 44.0. The largest absolute Gasteiger partial charge is 0.481 e. The van der Waals surface area contributed by atoms with Gasteiger partial charge in [-0.2, -0.15) is 18.3 Å². The van der Waals surface area contributed by atoms with E-state index in [1.54, 1.807) is 0 Å². The molecule has 2 fully saturated rings. The molecule has 2 aliphatic rings. The molecule has 2 saturated carbocycles. The van der Waals surface area contributed by atoms with Crippen molar-refractivity contribution < 1.29 is 27.9 Å². The third-order valence-electron chi connectivity index (χ3n) is 7.72. The van der Waals surface area contributed by atoms with Crippen molar-refractivity contribution in [2.75, 3.05) is 13.1 Å². The van der Waals surface area contributed by atoms with E-state index in [9.17, 15) is 27.9 Å². The van der Waals surface area contributed by atoms with E-state index in [-0.39, 0.29) is 50.0 Å². The van der Waals surface area contributed by atoms with Gasteiger partial charge in [0.05, 0.1) is 33.8 Å². The fourth-order valence-electron chi connectivity index (χ4n) is 5.96. The van der Waals surface area contributed by atoms with Crippen LogP contribution in [0.2, 0.25) is 10.0 Å². The van der Waals surface area contributed by atoms with Gasteiger partial charge < -0.3 is 10.0 Å². The molecule has 0 radical (unpaired) electrons. The van der Waals surface area contributed by atoms with Gasteiger partial charge in [0.1, 0.15) is 0 Å². The molecule has 0 saturated heterocycles. The summed E-state index contributed by atoms with van der Waals surface area (Å²) in [4.78, 5) is 30.4. The van der Waals surface area contributed by atoms with Gasteiger partial charge in [-0.25, -0.2) is 0 Å². The van der Waals surface area contributed by atoms with Gasteiger partial charge in [-0.15, -0.1) is 0 Å². The van der Waals surface area contributed by atoms with E-state index in [4.69, 9.17) is 23.2 Å². The second-order valence-electron chi connectivity index (χ2n) is 11.2. The van der Waals surface area contributed by atoms with Crippen LogP contribution in [-0.4, -0.2) is 49.7 Å². The molecule has 208 valence electrons. The van der Waals surface area contributed by atoms with Crippen LogP contribution in [0.15, 0.2) is 18.6 Å². The van der Waals surface area contributed by atoms with Gasteiger partial charge in [-0.3, -0.25) is 19.3 Å². The molecule has 1 amide bonds. The predicted molar refractivity (Wildman–Crippen MR) is 136 cm³/mol. The zero-order valence-electron chi connectivity index (χ0n) is 21.3. The van der Waals surface area contributed by atoms with Gasteiger partial charge in [0.25, 0.3) is 5.91 Å². The Morgan fingerprint density at radius 2 is 1.71 bits per heavy atom. The summed E-state index contributed by atoms with van der Waals surface area (Å²) in [6.45, 7) is 4.69. The molecule has 4 rings (SSSR count). The quantitative estimate of drug-likeness (QED) is 0.386. The number of halogens is 5. The standard InChI is InChI=1S/C26H31Cl2F3N4O3/c1-25(2)9-15(10-25)14-34(8-7-18-20(27)12-32-13-21(18)28)23(36)19-11-33-35(22(19)26(29,30)31)17-5-3-16(4-6-17)24(37)38/h11-13,15-17H,3-10,14H2,1-2H3,(H,37,38)/t16-,17-. The molecule has 0 bridgehead atoms. The average Bonchev–Trinajstić information content (AvgIpc) is 3.27. The van der Waals surface area contributed by atoms with Crippen molar-refractivity contribution >= 4 is 35.1 Å². The van der Waals surface area contributed by atoms with E-state index in [0.717, 1.165) is 23.7 Å². The van der Waals surface area contributed by atoms with E-state index in [0.29, 0.717) is 22.2 Å². The Balaban J connectivity index is 1.61. The van der Waals surface area contributed by atoms with E-state index in [2.05, 4.69) is 23.9 Å². The fourth-order valence-corrected chi connectivity index (χ4v) is 6.51. The van der Waals surface area contributed by atoms with Crippen LogP contribution in [0.3, 0.4) is 0 Å². The Labute approximate surface area is 229 Å². The molecule has 0 atom stereocenters. The number of hydrogen-bond acceptors (Lipinski definition) is 4. The van der Waals surface area contributed by atoms with Crippen molar-refractivity contribution in [3.8, 4) is 0 Å². The fraction of sp³-hybridized carbons (Fsp3) is 0.615. The molecule has 0 aliphatic heterocycles. The van der Waals surface area contributed by atoms with E-state index in [1.807, 2.05) is 0 Å². The lowest BCUT2D eigenvalue weighted by Gasteiger charge is -2.44. The molecule has 1 N–H and O–H groups in total. The minimum absolute atomic E-state index is 0.130. The number of alkyl halides is 3. The Bertz CT molecular complexity index is 1160. The molecular weight excluding hydrogens is 544 g/mol. The number of carboxylic acids is 1. The summed E-state index contributed by atoms with van der Waals surface area (Å²) in [7, 11) is 0. The van der Waals surface area contributed by atoms with E-state index < -0.39 is 41.3 Å². The lowest BCUT2D eigenvalue weighted by molar-refractivity contribution is -0.147. The van der Waals surface area contributed by atoms with Crippen LogP contribution in [-0.2, 0) is 17.4 Å². The number of nitrogens with zero attached hydrogens (tertiary/aromatic N) is 4. The van der Waals surface area contributed by atoms with Gasteiger partial charge in [-0.05, 0) is 61.8 Å². The molecular formula is C26H31Cl2F3N4O3. The lowest BCUT2D eigenvalue weighted by atomic mass is 9.64. The number of carbonyl (C=O) groups excluding carboxylic acids is 1. The van der Waals surface area contributed by atoms with Crippen LogP contribution in [0.5, 0.6) is 0 Å². The first-order valence-electron chi connectivity index (χ1n) is 12.7. The summed E-state index contributed by atoms with van der Waals surface area (Å²) >= 11 is 12.5. The first kappa shape index (κ1) is 28.7.